The molecule has 21 heavy (non-hydrogen) atoms. The van der Waals surface area contributed by atoms with Gasteiger partial charge in [-0.2, -0.15) is 0 Å². The van der Waals surface area contributed by atoms with Crippen molar-refractivity contribution in [2.45, 2.75) is 32.3 Å². The monoisotopic (exact) mass is 293 g/mol. The standard InChI is InChI=1S/C15H19NO5/c1-2-21-11-5-9(6-11)7-14(18)16-10-3-4-13(17)12(8-10)15(19)20/h3-4,8-9,11,17H,2,5-7H2,1H3,(H,16,18)(H,19,20). The number of amides is 1. The molecule has 1 fully saturated rings. The maximum Gasteiger partial charge on any atom is 0.339 e. The normalized spacial score (nSPS) is 20.6. The Morgan fingerprint density at radius 2 is 2.10 bits per heavy atom. The average molecular weight is 293 g/mol. The number of phenols is 1. The lowest BCUT2D eigenvalue weighted by atomic mass is 9.80. The molecule has 0 aliphatic heterocycles. The molecule has 1 aliphatic carbocycles. The second-order valence-corrected chi connectivity index (χ2v) is 5.20. The highest BCUT2D eigenvalue weighted by Crippen LogP contribution is 2.33. The number of carbonyl (C=O) groups excluding carboxylic acids is 1. The van der Waals surface area contributed by atoms with E-state index in [9.17, 15) is 14.7 Å². The predicted molar refractivity (Wildman–Crippen MR) is 76.5 cm³/mol. The van der Waals surface area contributed by atoms with Crippen LogP contribution in [0.25, 0.3) is 0 Å². The van der Waals surface area contributed by atoms with E-state index in [1.165, 1.54) is 18.2 Å². The highest BCUT2D eigenvalue weighted by Gasteiger charge is 2.31. The summed E-state index contributed by atoms with van der Waals surface area (Å²) in [5.41, 5.74) is 0.142. The number of carboxylic acids is 1. The lowest BCUT2D eigenvalue weighted by molar-refractivity contribution is -0.119. The Morgan fingerprint density at radius 3 is 2.71 bits per heavy atom. The second-order valence-electron chi connectivity index (χ2n) is 5.20. The number of carboxylic acid groups (broad SMARTS) is 1. The molecule has 6 heteroatoms. The first-order valence-corrected chi connectivity index (χ1v) is 6.97. The fraction of sp³-hybridized carbons (Fsp3) is 0.467. The Morgan fingerprint density at radius 1 is 1.38 bits per heavy atom. The van der Waals surface area contributed by atoms with Gasteiger partial charge in [0.25, 0.3) is 0 Å². The van der Waals surface area contributed by atoms with E-state index in [0.717, 1.165) is 12.8 Å². The van der Waals surface area contributed by atoms with Gasteiger partial charge < -0.3 is 20.3 Å². The molecule has 0 bridgehead atoms. The number of ether oxygens (including phenoxy) is 1. The van der Waals surface area contributed by atoms with E-state index in [2.05, 4.69) is 5.32 Å². The summed E-state index contributed by atoms with van der Waals surface area (Å²) in [4.78, 5) is 22.8. The Balaban J connectivity index is 1.86. The van der Waals surface area contributed by atoms with Crippen molar-refractivity contribution < 1.29 is 24.5 Å². The van der Waals surface area contributed by atoms with Crippen molar-refractivity contribution in [2.24, 2.45) is 5.92 Å². The molecule has 3 N–H and O–H groups in total. The third kappa shape index (κ3) is 3.95. The van der Waals surface area contributed by atoms with Gasteiger partial charge >= 0.3 is 5.97 Å². The highest BCUT2D eigenvalue weighted by molar-refractivity contribution is 5.95. The van der Waals surface area contributed by atoms with Crippen LogP contribution in [0.1, 0.15) is 36.5 Å². The molecule has 0 unspecified atom stereocenters. The third-order valence-corrected chi connectivity index (χ3v) is 3.58. The maximum absolute atomic E-state index is 11.9. The summed E-state index contributed by atoms with van der Waals surface area (Å²) in [7, 11) is 0. The number of benzene rings is 1. The number of rotatable bonds is 6. The van der Waals surface area contributed by atoms with Crippen LogP contribution in [0.2, 0.25) is 0 Å². The third-order valence-electron chi connectivity index (χ3n) is 3.58. The number of aromatic hydroxyl groups is 1. The number of nitrogens with one attached hydrogen (secondary N) is 1. The van der Waals surface area contributed by atoms with Crippen molar-refractivity contribution in [1.29, 1.82) is 0 Å². The van der Waals surface area contributed by atoms with Crippen molar-refractivity contribution in [1.82, 2.24) is 0 Å². The molecule has 1 aliphatic rings. The fourth-order valence-electron chi connectivity index (χ4n) is 2.47. The number of hydrogen-bond acceptors (Lipinski definition) is 4. The predicted octanol–water partition coefficient (Wildman–Crippen LogP) is 2.23. The van der Waals surface area contributed by atoms with Crippen LogP contribution in [0, 0.1) is 5.92 Å². The first-order chi connectivity index (χ1) is 9.99. The van der Waals surface area contributed by atoms with E-state index in [-0.39, 0.29) is 23.3 Å². The summed E-state index contributed by atoms with van der Waals surface area (Å²) in [6, 6.07) is 3.98. The van der Waals surface area contributed by atoms with E-state index < -0.39 is 5.97 Å². The number of carbonyl (C=O) groups is 2. The zero-order valence-corrected chi connectivity index (χ0v) is 11.8. The SMILES string of the molecule is CCOC1CC(CC(=O)Nc2ccc(O)c(C(=O)O)c2)C1. The van der Waals surface area contributed by atoms with E-state index in [4.69, 9.17) is 9.84 Å². The lowest BCUT2D eigenvalue weighted by Crippen LogP contribution is -2.33. The summed E-state index contributed by atoms with van der Waals surface area (Å²) < 4.78 is 5.44. The van der Waals surface area contributed by atoms with Crippen molar-refractivity contribution in [3.8, 4) is 5.75 Å². The molecule has 1 aromatic carbocycles. The van der Waals surface area contributed by atoms with Crippen molar-refractivity contribution in [3.63, 3.8) is 0 Å². The quantitative estimate of drug-likeness (QED) is 0.699. The van der Waals surface area contributed by atoms with Gasteiger partial charge in [0.1, 0.15) is 11.3 Å². The Labute approximate surface area is 122 Å². The van der Waals surface area contributed by atoms with E-state index in [1.807, 2.05) is 6.92 Å². The smallest absolute Gasteiger partial charge is 0.339 e. The molecule has 2 rings (SSSR count). The molecule has 0 heterocycles. The zero-order valence-electron chi connectivity index (χ0n) is 11.8. The molecule has 0 saturated heterocycles. The number of aromatic carboxylic acids is 1. The van der Waals surface area contributed by atoms with Crippen LogP contribution in [0.15, 0.2) is 18.2 Å². The van der Waals surface area contributed by atoms with Gasteiger partial charge in [-0.3, -0.25) is 4.79 Å². The minimum atomic E-state index is -1.23. The Kier molecular flexibility index (Phi) is 4.80. The highest BCUT2D eigenvalue weighted by atomic mass is 16.5. The van der Waals surface area contributed by atoms with Crippen LogP contribution in [0.5, 0.6) is 5.75 Å². The van der Waals surface area contributed by atoms with Crippen molar-refractivity contribution >= 4 is 17.6 Å². The van der Waals surface area contributed by atoms with E-state index in [0.29, 0.717) is 24.6 Å². The van der Waals surface area contributed by atoms with Crippen LogP contribution in [0.3, 0.4) is 0 Å². The Hall–Kier alpha value is -2.08. The molecule has 0 atom stereocenters. The average Bonchev–Trinajstić information content (AvgIpc) is 2.38. The molecular weight excluding hydrogens is 274 g/mol. The summed E-state index contributed by atoms with van der Waals surface area (Å²) >= 11 is 0. The largest absolute Gasteiger partial charge is 0.507 e. The lowest BCUT2D eigenvalue weighted by Gasteiger charge is -2.34. The molecule has 1 saturated carbocycles. The van der Waals surface area contributed by atoms with Crippen LogP contribution in [-0.4, -0.2) is 34.8 Å². The second kappa shape index (κ2) is 6.58. The molecule has 1 aromatic rings. The van der Waals surface area contributed by atoms with Crippen LogP contribution in [-0.2, 0) is 9.53 Å². The van der Waals surface area contributed by atoms with E-state index in [1.54, 1.807) is 0 Å². The summed E-state index contributed by atoms with van der Waals surface area (Å²) in [5.74, 6) is -1.39. The van der Waals surface area contributed by atoms with Crippen LogP contribution >= 0.6 is 0 Å². The summed E-state index contributed by atoms with van der Waals surface area (Å²) in [5, 5.41) is 21.0. The summed E-state index contributed by atoms with van der Waals surface area (Å²) in [6.07, 6.45) is 2.43. The molecule has 0 radical (unpaired) electrons. The molecular formula is C15H19NO5. The summed E-state index contributed by atoms with van der Waals surface area (Å²) in [6.45, 7) is 2.64. The Bertz CT molecular complexity index is 537. The first kappa shape index (κ1) is 15.3. The molecule has 0 spiro atoms. The minimum absolute atomic E-state index is 0.156. The van der Waals surface area contributed by atoms with Gasteiger partial charge in [0, 0.05) is 18.7 Å². The minimum Gasteiger partial charge on any atom is -0.507 e. The molecule has 1 amide bonds. The molecule has 114 valence electrons. The van der Waals surface area contributed by atoms with Crippen molar-refractivity contribution in [2.75, 3.05) is 11.9 Å². The van der Waals surface area contributed by atoms with Gasteiger partial charge in [-0.15, -0.1) is 0 Å². The topological polar surface area (TPSA) is 95.9 Å². The van der Waals surface area contributed by atoms with E-state index >= 15 is 0 Å². The van der Waals surface area contributed by atoms with Gasteiger partial charge in [-0.05, 0) is 43.9 Å². The van der Waals surface area contributed by atoms with Gasteiger partial charge in [0.15, 0.2) is 0 Å². The van der Waals surface area contributed by atoms with Crippen molar-refractivity contribution in [3.05, 3.63) is 23.8 Å². The number of hydrogen-bond donors (Lipinski definition) is 3. The molecule has 6 nitrogen and oxygen atoms in total. The van der Waals surface area contributed by atoms with Gasteiger partial charge in [0.2, 0.25) is 5.91 Å². The first-order valence-electron chi connectivity index (χ1n) is 6.97. The van der Waals surface area contributed by atoms with Gasteiger partial charge in [-0.25, -0.2) is 4.79 Å². The zero-order chi connectivity index (χ0) is 15.4. The fourth-order valence-corrected chi connectivity index (χ4v) is 2.47. The van der Waals surface area contributed by atoms with Gasteiger partial charge in [-0.1, -0.05) is 0 Å². The maximum atomic E-state index is 11.9. The van der Waals surface area contributed by atoms with Crippen LogP contribution in [0.4, 0.5) is 5.69 Å². The van der Waals surface area contributed by atoms with Gasteiger partial charge in [0.05, 0.1) is 6.10 Å². The molecule has 0 aromatic heterocycles. The number of anilines is 1. The van der Waals surface area contributed by atoms with Crippen LogP contribution < -0.4 is 5.32 Å².